The molecule has 3 amide bonds. The number of hydrogen-bond acceptors (Lipinski definition) is 8. The lowest BCUT2D eigenvalue weighted by molar-refractivity contribution is -0.0118. The van der Waals surface area contributed by atoms with Gasteiger partial charge >= 0.3 is 18.3 Å². The van der Waals surface area contributed by atoms with Crippen molar-refractivity contribution in [3.05, 3.63) is 11.1 Å². The van der Waals surface area contributed by atoms with Gasteiger partial charge in [-0.15, -0.1) is 10.0 Å². The van der Waals surface area contributed by atoms with Gasteiger partial charge in [-0.05, 0) is 11.6 Å². The summed E-state index contributed by atoms with van der Waals surface area (Å²) >= 11 is 5.81. The number of amides is 3. The van der Waals surface area contributed by atoms with Gasteiger partial charge in [0, 0.05) is 26.2 Å². The predicted molar refractivity (Wildman–Crippen MR) is 93.8 cm³/mol. The quantitative estimate of drug-likeness (QED) is 0.447. The molecule has 2 fully saturated rings. The highest BCUT2D eigenvalue weighted by atomic mass is 35.5. The van der Waals surface area contributed by atoms with Crippen molar-refractivity contribution in [2.24, 2.45) is 0 Å². The van der Waals surface area contributed by atoms with Crippen LogP contribution in [0.2, 0.25) is 5.28 Å². The minimum absolute atomic E-state index is 0.0563. The smallest absolute Gasteiger partial charge is 0.437 e. The zero-order valence-electron chi connectivity index (χ0n) is 14.7. The Labute approximate surface area is 167 Å². The summed E-state index contributed by atoms with van der Waals surface area (Å²) in [6, 6.07) is -0.0563. The van der Waals surface area contributed by atoms with Crippen LogP contribution in [0.15, 0.2) is 0 Å². The Morgan fingerprint density at radius 3 is 2.41 bits per heavy atom. The van der Waals surface area contributed by atoms with E-state index < -0.39 is 40.2 Å². The van der Waals surface area contributed by atoms with Gasteiger partial charge < -0.3 is 25.0 Å². The van der Waals surface area contributed by atoms with Crippen LogP contribution in [0.3, 0.4) is 0 Å². The van der Waals surface area contributed by atoms with Gasteiger partial charge in [-0.25, -0.2) is 14.4 Å². The van der Waals surface area contributed by atoms with Crippen LogP contribution in [0.1, 0.15) is 0 Å². The van der Waals surface area contributed by atoms with Crippen LogP contribution in [0.4, 0.5) is 30.4 Å². The third kappa shape index (κ3) is 4.08. The zero-order chi connectivity index (χ0) is 21.3. The molecule has 0 aliphatic carbocycles. The molecular formula is C14H16ClFN6O7. The fraction of sp³-hybridized carbons (Fsp3) is 0.500. The number of piperazine rings is 1. The summed E-state index contributed by atoms with van der Waals surface area (Å²) in [6.07, 6.45) is -6.45. The SMILES string of the molecule is O=C(O)N(C(=O)O)N(C(=O)O)c1nc(Cl)nc(N2CCN3CCOC[C@H]3C2)c1F. The highest BCUT2D eigenvalue weighted by Gasteiger charge is 2.39. The molecule has 0 bridgehead atoms. The van der Waals surface area contributed by atoms with Gasteiger partial charge in [0.05, 0.1) is 19.3 Å². The first-order chi connectivity index (χ1) is 13.7. The number of fused-ring (bicyclic) bond motifs is 1. The van der Waals surface area contributed by atoms with Crippen molar-refractivity contribution in [3.63, 3.8) is 0 Å². The summed E-state index contributed by atoms with van der Waals surface area (Å²) in [7, 11) is 0. The number of hydrazine groups is 1. The Morgan fingerprint density at radius 1 is 1.10 bits per heavy atom. The number of nitrogens with zero attached hydrogens (tertiary/aromatic N) is 6. The molecule has 0 radical (unpaired) electrons. The molecular weight excluding hydrogens is 419 g/mol. The second-order valence-corrected chi connectivity index (χ2v) is 6.47. The number of rotatable bonds is 2. The summed E-state index contributed by atoms with van der Waals surface area (Å²) in [5.74, 6) is -2.82. The van der Waals surface area contributed by atoms with Crippen molar-refractivity contribution >= 4 is 41.5 Å². The van der Waals surface area contributed by atoms with Gasteiger partial charge in [0.25, 0.3) is 0 Å². The number of hydrogen-bond donors (Lipinski definition) is 3. The molecule has 1 aromatic rings. The molecule has 2 aliphatic heterocycles. The number of carbonyl (C=O) groups is 3. The van der Waals surface area contributed by atoms with E-state index in [4.69, 9.17) is 26.6 Å². The average Bonchev–Trinajstić information content (AvgIpc) is 2.66. The van der Waals surface area contributed by atoms with E-state index >= 15 is 4.39 Å². The van der Waals surface area contributed by atoms with E-state index in [1.165, 1.54) is 4.90 Å². The Balaban J connectivity index is 2.00. The monoisotopic (exact) mass is 434 g/mol. The van der Waals surface area contributed by atoms with E-state index in [1.54, 1.807) is 0 Å². The second kappa shape index (κ2) is 8.18. The first-order valence-electron chi connectivity index (χ1n) is 8.29. The minimum atomic E-state index is -2.18. The molecule has 0 saturated carbocycles. The van der Waals surface area contributed by atoms with E-state index in [0.717, 1.165) is 6.54 Å². The lowest BCUT2D eigenvalue weighted by atomic mass is 10.1. The third-order valence-corrected chi connectivity index (χ3v) is 4.64. The summed E-state index contributed by atoms with van der Waals surface area (Å²) < 4.78 is 20.6. The molecule has 0 unspecified atom stereocenters. The van der Waals surface area contributed by atoms with Crippen molar-refractivity contribution in [3.8, 4) is 0 Å². The molecule has 0 spiro atoms. The normalized spacial score (nSPS) is 19.4. The molecule has 0 aromatic carbocycles. The van der Waals surface area contributed by atoms with Gasteiger partial charge in [0.2, 0.25) is 16.9 Å². The van der Waals surface area contributed by atoms with Crippen molar-refractivity contribution < 1.29 is 38.8 Å². The van der Waals surface area contributed by atoms with E-state index in [9.17, 15) is 19.5 Å². The Kier molecular flexibility index (Phi) is 5.86. The molecule has 13 nitrogen and oxygen atoms in total. The van der Waals surface area contributed by atoms with Crippen molar-refractivity contribution in [2.75, 3.05) is 49.3 Å². The molecule has 1 aromatic heterocycles. The molecule has 3 heterocycles. The molecule has 158 valence electrons. The zero-order valence-corrected chi connectivity index (χ0v) is 15.5. The molecule has 3 N–H and O–H groups in total. The van der Waals surface area contributed by atoms with Crippen LogP contribution in [0.25, 0.3) is 0 Å². The van der Waals surface area contributed by atoms with Gasteiger partial charge in [0.15, 0.2) is 5.82 Å². The van der Waals surface area contributed by atoms with Crippen LogP contribution in [0.5, 0.6) is 0 Å². The standard InChI is InChI=1S/C14H16ClFN6O7/c15-11-17-9(20-2-1-19-3-4-29-6-7(19)5-20)8(16)10(18-11)21(12(23)24)22(13(25)26)14(27)28/h7H,1-6H2,(H,23,24)(H,25,26)(H,27,28)/t7-/m1/s1. The average molecular weight is 435 g/mol. The van der Waals surface area contributed by atoms with E-state index in [-0.39, 0.29) is 16.9 Å². The van der Waals surface area contributed by atoms with E-state index in [1.807, 2.05) is 0 Å². The number of halogens is 2. The van der Waals surface area contributed by atoms with Crippen LogP contribution in [-0.4, -0.2) is 98.9 Å². The van der Waals surface area contributed by atoms with Gasteiger partial charge in [-0.3, -0.25) is 4.90 Å². The van der Waals surface area contributed by atoms with E-state index in [0.29, 0.717) is 32.8 Å². The maximum absolute atomic E-state index is 15.2. The molecule has 2 saturated heterocycles. The molecule has 2 aliphatic rings. The fourth-order valence-corrected chi connectivity index (χ4v) is 3.37. The fourth-order valence-electron chi connectivity index (χ4n) is 3.21. The van der Waals surface area contributed by atoms with Gasteiger partial charge in [0.1, 0.15) is 0 Å². The highest BCUT2D eigenvalue weighted by Crippen LogP contribution is 2.30. The Hall–Kier alpha value is -2.97. The first kappa shape index (κ1) is 20.8. The highest BCUT2D eigenvalue weighted by molar-refractivity contribution is 6.28. The summed E-state index contributed by atoms with van der Waals surface area (Å²) in [6.45, 7) is 2.89. The summed E-state index contributed by atoms with van der Waals surface area (Å²) in [5, 5.41) is 25.8. The summed E-state index contributed by atoms with van der Waals surface area (Å²) in [4.78, 5) is 44.8. The molecule has 3 rings (SSSR count). The maximum atomic E-state index is 15.2. The lowest BCUT2D eigenvalue weighted by Gasteiger charge is -2.44. The number of ether oxygens (including phenoxy) is 1. The van der Waals surface area contributed by atoms with Crippen LogP contribution in [-0.2, 0) is 4.74 Å². The van der Waals surface area contributed by atoms with Crippen LogP contribution >= 0.6 is 11.6 Å². The number of carboxylic acid groups (broad SMARTS) is 3. The van der Waals surface area contributed by atoms with Gasteiger partial charge in [-0.2, -0.15) is 14.4 Å². The molecule has 15 heteroatoms. The minimum Gasteiger partial charge on any atom is -0.463 e. The number of imide groups is 1. The van der Waals surface area contributed by atoms with Crippen molar-refractivity contribution in [2.45, 2.75) is 6.04 Å². The molecule has 1 atom stereocenters. The predicted octanol–water partition coefficient (Wildman–Crippen LogP) is 0.847. The van der Waals surface area contributed by atoms with E-state index in [2.05, 4.69) is 14.9 Å². The van der Waals surface area contributed by atoms with Crippen LogP contribution in [0, 0.1) is 5.82 Å². The summed E-state index contributed by atoms with van der Waals surface area (Å²) in [5.41, 5.74) is 0. The second-order valence-electron chi connectivity index (χ2n) is 6.14. The van der Waals surface area contributed by atoms with Crippen molar-refractivity contribution in [1.29, 1.82) is 0 Å². The van der Waals surface area contributed by atoms with Gasteiger partial charge in [-0.1, -0.05) is 0 Å². The maximum Gasteiger partial charge on any atom is 0.437 e. The lowest BCUT2D eigenvalue weighted by Crippen LogP contribution is -2.58. The van der Waals surface area contributed by atoms with Crippen molar-refractivity contribution in [1.82, 2.24) is 19.9 Å². The Bertz CT molecular complexity index is 831. The number of morpholine rings is 1. The largest absolute Gasteiger partial charge is 0.463 e. The molecule has 29 heavy (non-hydrogen) atoms. The number of anilines is 2. The Morgan fingerprint density at radius 2 is 1.79 bits per heavy atom. The first-order valence-corrected chi connectivity index (χ1v) is 8.67. The third-order valence-electron chi connectivity index (χ3n) is 4.47. The number of aromatic nitrogens is 2. The topological polar surface area (TPSA) is 160 Å². The van der Waals surface area contributed by atoms with Crippen LogP contribution < -0.4 is 9.91 Å².